The predicted molar refractivity (Wildman–Crippen MR) is 81.4 cm³/mol. The van der Waals surface area contributed by atoms with E-state index in [2.05, 4.69) is 10.5 Å². The molecule has 1 rings (SSSR count). The van der Waals surface area contributed by atoms with Gasteiger partial charge in [-0.1, -0.05) is 18.6 Å². The summed E-state index contributed by atoms with van der Waals surface area (Å²) in [4.78, 5) is 0. The molecule has 3 radical (unpaired) electrons. The normalized spacial score (nSPS) is 11.8. The monoisotopic (exact) mass is 311 g/mol. The van der Waals surface area contributed by atoms with Gasteiger partial charge < -0.3 is 13.9 Å². The smallest absolute Gasteiger partial charge is 0.272 e. The van der Waals surface area contributed by atoms with Crippen LogP contribution in [0.3, 0.4) is 0 Å². The van der Waals surface area contributed by atoms with Crippen LogP contribution in [-0.2, 0) is 20.3 Å². The van der Waals surface area contributed by atoms with Gasteiger partial charge in [-0.3, -0.25) is 0 Å². The van der Waals surface area contributed by atoms with Gasteiger partial charge in [0.25, 0.3) is 16.5 Å². The summed E-state index contributed by atoms with van der Waals surface area (Å²) in [6.45, 7) is 4.85. The maximum absolute atomic E-state index is 13.1. The zero-order valence-electron chi connectivity index (χ0n) is 12.9. The lowest BCUT2D eigenvalue weighted by molar-refractivity contribution is -0.344. The fraction of sp³-hybridized carbons (Fsp3) is 0.625. The van der Waals surface area contributed by atoms with Crippen molar-refractivity contribution in [2.45, 2.75) is 51.9 Å². The second kappa shape index (κ2) is 10.1. The van der Waals surface area contributed by atoms with Gasteiger partial charge in [-0.25, -0.2) is 4.39 Å². The van der Waals surface area contributed by atoms with Crippen molar-refractivity contribution >= 4 is 10.5 Å². The van der Waals surface area contributed by atoms with Gasteiger partial charge >= 0.3 is 0 Å². The number of ether oxygens (including phenoxy) is 2. The third-order valence-corrected chi connectivity index (χ3v) is 3.53. The molecule has 0 atom stereocenters. The number of unbranched alkanes of at least 4 members (excludes halogenated alkanes) is 2. The second-order valence-electron chi connectivity index (χ2n) is 4.84. The van der Waals surface area contributed by atoms with Crippen molar-refractivity contribution in [3.8, 4) is 0 Å². The molecule has 0 heterocycles. The van der Waals surface area contributed by atoms with Crippen LogP contribution >= 0.6 is 0 Å². The van der Waals surface area contributed by atoms with Gasteiger partial charge in [-0.05, 0) is 50.8 Å². The molecular formula is C16H24FO3Si. The summed E-state index contributed by atoms with van der Waals surface area (Å²) < 4.78 is 29.4. The van der Waals surface area contributed by atoms with Crippen LogP contribution in [0, 0.1) is 5.82 Å². The van der Waals surface area contributed by atoms with Crippen molar-refractivity contribution in [3.05, 3.63) is 35.6 Å². The number of aryl methyl sites for hydroxylation is 1. The van der Waals surface area contributed by atoms with Gasteiger partial charge in [0, 0.05) is 19.6 Å². The summed E-state index contributed by atoms with van der Waals surface area (Å²) in [6.07, 6.45) is 4.46. The highest BCUT2D eigenvalue weighted by atomic mass is 28.2. The van der Waals surface area contributed by atoms with Crippen molar-refractivity contribution < 1.29 is 18.3 Å². The van der Waals surface area contributed by atoms with Crippen LogP contribution in [0.15, 0.2) is 24.3 Å². The number of hydrogen-bond donors (Lipinski definition) is 0. The third-order valence-electron chi connectivity index (χ3n) is 3.22. The number of hydrogen-bond acceptors (Lipinski definition) is 3. The van der Waals surface area contributed by atoms with Gasteiger partial charge in [0.2, 0.25) is 0 Å². The highest BCUT2D eigenvalue weighted by Gasteiger charge is 2.30. The molecule has 0 aliphatic heterocycles. The summed E-state index contributed by atoms with van der Waals surface area (Å²) in [5.41, 5.74) is 1.03. The zero-order chi connectivity index (χ0) is 15.6. The Balaban J connectivity index is 2.30. The largest absolute Gasteiger partial charge is 0.371 e. The molecule has 0 bridgehead atoms. The fourth-order valence-corrected chi connectivity index (χ4v) is 2.50. The van der Waals surface area contributed by atoms with Crippen LogP contribution in [0.1, 0.15) is 45.1 Å². The molecule has 0 saturated carbocycles. The van der Waals surface area contributed by atoms with E-state index in [9.17, 15) is 4.39 Å². The van der Waals surface area contributed by atoms with E-state index in [-0.39, 0.29) is 5.82 Å². The van der Waals surface area contributed by atoms with Crippen LogP contribution in [0.5, 0.6) is 0 Å². The van der Waals surface area contributed by atoms with E-state index in [1.165, 1.54) is 6.07 Å². The Hall–Kier alpha value is -0.753. The fourth-order valence-electron chi connectivity index (χ4n) is 2.28. The number of halogens is 1. The lowest BCUT2D eigenvalue weighted by atomic mass is 10.1. The minimum absolute atomic E-state index is 0.174. The van der Waals surface area contributed by atoms with E-state index in [0.29, 0.717) is 19.6 Å². The summed E-state index contributed by atoms with van der Waals surface area (Å²) in [7, 11) is 3.05. The van der Waals surface area contributed by atoms with E-state index in [0.717, 1.165) is 31.2 Å². The highest BCUT2D eigenvalue weighted by molar-refractivity contribution is 5.98. The molecule has 21 heavy (non-hydrogen) atoms. The van der Waals surface area contributed by atoms with E-state index in [1.54, 1.807) is 12.1 Å². The van der Waals surface area contributed by atoms with Crippen LogP contribution in [0.25, 0.3) is 0 Å². The minimum atomic E-state index is -1.00. The highest BCUT2D eigenvalue weighted by Crippen LogP contribution is 2.22. The Morgan fingerprint density at radius 3 is 2.38 bits per heavy atom. The van der Waals surface area contributed by atoms with Crippen molar-refractivity contribution in [3.63, 3.8) is 0 Å². The third kappa shape index (κ3) is 6.69. The van der Waals surface area contributed by atoms with Crippen molar-refractivity contribution in [2.75, 3.05) is 13.2 Å². The summed E-state index contributed by atoms with van der Waals surface area (Å²) in [5, 5.41) is 0. The zero-order valence-corrected chi connectivity index (χ0v) is 13.9. The van der Waals surface area contributed by atoms with Crippen LogP contribution in [0.4, 0.5) is 4.39 Å². The molecule has 0 spiro atoms. The average molecular weight is 311 g/mol. The molecule has 0 N–H and O–H groups in total. The second-order valence-corrected chi connectivity index (χ2v) is 5.05. The quantitative estimate of drug-likeness (QED) is 0.354. The Morgan fingerprint density at radius 2 is 1.81 bits per heavy atom. The maximum atomic E-state index is 13.1. The molecule has 3 nitrogen and oxygen atoms in total. The Labute approximate surface area is 130 Å². The first-order valence-electron chi connectivity index (χ1n) is 7.53. The molecule has 5 heteroatoms. The van der Waals surface area contributed by atoms with Gasteiger partial charge in [-0.15, -0.1) is 0 Å². The van der Waals surface area contributed by atoms with E-state index >= 15 is 0 Å². The standard InChI is InChI=1S/C16H24FO3Si/c1-3-18-16(20-21,19-4-2)12-7-5-6-9-14-10-8-11-15(17)13-14/h8,10-11,13H,3-7,9,12H2,1-2H3. The SMILES string of the molecule is CCOC(CCCCCc1cccc(F)c1)(O[Si])OCC. The van der Waals surface area contributed by atoms with Gasteiger partial charge in [-0.2, -0.15) is 0 Å². The molecule has 0 aliphatic rings. The lowest BCUT2D eigenvalue weighted by Gasteiger charge is -2.31. The topological polar surface area (TPSA) is 27.7 Å². The van der Waals surface area contributed by atoms with Crippen molar-refractivity contribution in [2.24, 2.45) is 0 Å². The Kier molecular flexibility index (Phi) is 8.76. The first-order chi connectivity index (χ1) is 10.2. The number of benzene rings is 1. The molecule has 1 aromatic rings. The molecule has 0 aliphatic carbocycles. The van der Waals surface area contributed by atoms with Gasteiger partial charge in [0.1, 0.15) is 5.82 Å². The minimum Gasteiger partial charge on any atom is -0.371 e. The summed E-state index contributed by atoms with van der Waals surface area (Å²) in [6, 6.07) is 6.76. The van der Waals surface area contributed by atoms with Gasteiger partial charge in [0.15, 0.2) is 0 Å². The predicted octanol–water partition coefficient (Wildman–Crippen LogP) is 3.76. The van der Waals surface area contributed by atoms with Crippen LogP contribution < -0.4 is 0 Å². The molecule has 0 unspecified atom stereocenters. The molecular weight excluding hydrogens is 287 g/mol. The van der Waals surface area contributed by atoms with Crippen LogP contribution in [-0.4, -0.2) is 29.7 Å². The van der Waals surface area contributed by atoms with Gasteiger partial charge in [0.05, 0.1) is 0 Å². The van der Waals surface area contributed by atoms with E-state index in [1.807, 2.05) is 19.9 Å². The molecule has 0 saturated heterocycles. The average Bonchev–Trinajstić information content (AvgIpc) is 2.47. The molecule has 1 aromatic carbocycles. The maximum Gasteiger partial charge on any atom is 0.272 e. The van der Waals surface area contributed by atoms with E-state index < -0.39 is 5.97 Å². The first kappa shape index (κ1) is 18.3. The molecule has 117 valence electrons. The Morgan fingerprint density at radius 1 is 1.10 bits per heavy atom. The number of rotatable bonds is 11. The Bertz CT molecular complexity index is 395. The van der Waals surface area contributed by atoms with Crippen molar-refractivity contribution in [1.82, 2.24) is 0 Å². The summed E-state index contributed by atoms with van der Waals surface area (Å²) >= 11 is 0. The molecule has 0 aromatic heterocycles. The molecule has 0 amide bonds. The van der Waals surface area contributed by atoms with E-state index in [4.69, 9.17) is 13.9 Å². The van der Waals surface area contributed by atoms with Crippen molar-refractivity contribution in [1.29, 1.82) is 0 Å². The first-order valence-corrected chi connectivity index (χ1v) is 7.93. The van der Waals surface area contributed by atoms with Crippen LogP contribution in [0.2, 0.25) is 0 Å². The summed E-state index contributed by atoms with van der Waals surface area (Å²) in [5.74, 6) is -1.18. The lowest BCUT2D eigenvalue weighted by Crippen LogP contribution is -2.38. The molecule has 0 fully saturated rings.